The molecule has 0 radical (unpaired) electrons. The minimum Gasteiger partial charge on any atom is -0.388 e. The van der Waals surface area contributed by atoms with Crippen LogP contribution in [0.1, 0.15) is 12.5 Å². The fraction of sp³-hybridized carbons (Fsp3) is 0.462. The van der Waals surface area contributed by atoms with Crippen LogP contribution in [0.2, 0.25) is 0 Å². The maximum Gasteiger partial charge on any atom is 0.322 e. The van der Waals surface area contributed by atoms with Gasteiger partial charge in [0.2, 0.25) is 0 Å². The Labute approximate surface area is 105 Å². The molecule has 0 unspecified atom stereocenters. The Hall–Kier alpha value is -1.62. The highest BCUT2D eigenvalue weighted by atomic mass is 19.1. The molecule has 1 saturated heterocycles. The summed E-state index contributed by atoms with van der Waals surface area (Å²) >= 11 is 0. The van der Waals surface area contributed by atoms with Gasteiger partial charge in [-0.2, -0.15) is 0 Å². The van der Waals surface area contributed by atoms with Gasteiger partial charge in [0.1, 0.15) is 12.3 Å². The highest BCUT2D eigenvalue weighted by molar-refractivity contribution is 5.89. The summed E-state index contributed by atoms with van der Waals surface area (Å²) in [5.41, 5.74) is 1.86. The summed E-state index contributed by atoms with van der Waals surface area (Å²) in [7, 11) is 0. The minimum absolute atomic E-state index is 0.0417. The van der Waals surface area contributed by atoms with Gasteiger partial charge in [0, 0.05) is 5.69 Å². The van der Waals surface area contributed by atoms with Gasteiger partial charge in [-0.05, 0) is 24.1 Å². The zero-order valence-electron chi connectivity index (χ0n) is 10.3. The second kappa shape index (κ2) is 5.35. The topological polar surface area (TPSA) is 52.6 Å². The number of β-amino-alcohol motifs (C(OH)–C–C–N with tert-alkyl or cyclic N) is 1. The normalized spacial score (nSPS) is 23.2. The first-order chi connectivity index (χ1) is 8.60. The van der Waals surface area contributed by atoms with Crippen LogP contribution in [-0.4, -0.2) is 41.4 Å². The van der Waals surface area contributed by atoms with Crippen molar-refractivity contribution in [2.45, 2.75) is 25.6 Å². The number of carbonyl (C=O) groups excluding carboxylic acids is 1. The number of urea groups is 1. The van der Waals surface area contributed by atoms with E-state index >= 15 is 0 Å². The third-order valence-corrected chi connectivity index (χ3v) is 3.12. The zero-order chi connectivity index (χ0) is 13.1. The smallest absolute Gasteiger partial charge is 0.322 e. The van der Waals surface area contributed by atoms with E-state index in [0.717, 1.165) is 6.42 Å². The number of aryl methyl sites for hydroxylation is 1. The number of likely N-dealkylation sites (tertiary alicyclic amines) is 1. The number of benzene rings is 1. The summed E-state index contributed by atoms with van der Waals surface area (Å²) in [4.78, 5) is 13.1. The maximum absolute atomic E-state index is 13.1. The summed E-state index contributed by atoms with van der Waals surface area (Å²) in [6.07, 6.45) is -1.48. The second-order valence-corrected chi connectivity index (χ2v) is 4.47. The van der Waals surface area contributed by atoms with Gasteiger partial charge in [-0.1, -0.05) is 19.1 Å². The highest BCUT2D eigenvalue weighted by Gasteiger charge is 2.33. The Kier molecular flexibility index (Phi) is 3.81. The molecule has 1 aromatic carbocycles. The van der Waals surface area contributed by atoms with Crippen LogP contribution in [0.15, 0.2) is 24.3 Å². The molecule has 1 aliphatic heterocycles. The van der Waals surface area contributed by atoms with E-state index in [2.05, 4.69) is 12.2 Å². The molecule has 2 N–H and O–H groups in total. The second-order valence-electron chi connectivity index (χ2n) is 4.47. The van der Waals surface area contributed by atoms with Gasteiger partial charge in [-0.15, -0.1) is 0 Å². The molecule has 18 heavy (non-hydrogen) atoms. The van der Waals surface area contributed by atoms with Crippen molar-refractivity contribution in [2.75, 3.05) is 18.4 Å². The van der Waals surface area contributed by atoms with E-state index in [1.54, 1.807) is 0 Å². The lowest BCUT2D eigenvalue weighted by atomic mass is 10.1. The van der Waals surface area contributed by atoms with Crippen molar-refractivity contribution in [3.8, 4) is 0 Å². The van der Waals surface area contributed by atoms with Crippen LogP contribution >= 0.6 is 0 Å². The molecule has 0 bridgehead atoms. The molecule has 2 atom stereocenters. The molecular formula is C13H17FN2O2. The molecule has 1 fully saturated rings. The summed E-state index contributed by atoms with van der Waals surface area (Å²) in [6, 6.07) is 7.13. The molecule has 0 aliphatic carbocycles. The van der Waals surface area contributed by atoms with Crippen molar-refractivity contribution in [2.24, 2.45) is 0 Å². The Balaban J connectivity index is 1.94. The lowest BCUT2D eigenvalue weighted by molar-refractivity contribution is 0.116. The van der Waals surface area contributed by atoms with Crippen molar-refractivity contribution in [3.63, 3.8) is 0 Å². The molecule has 0 spiro atoms. The molecule has 2 amide bonds. The number of rotatable bonds is 2. The number of carbonyl (C=O) groups is 1. The summed E-state index contributed by atoms with van der Waals surface area (Å²) < 4.78 is 13.1. The van der Waals surface area contributed by atoms with Crippen LogP contribution in [-0.2, 0) is 6.42 Å². The van der Waals surface area contributed by atoms with E-state index in [1.165, 1.54) is 10.5 Å². The molecule has 1 heterocycles. The van der Waals surface area contributed by atoms with Crippen LogP contribution in [0.4, 0.5) is 14.9 Å². The number of anilines is 1. The number of halogens is 1. The Morgan fingerprint density at radius 1 is 1.44 bits per heavy atom. The van der Waals surface area contributed by atoms with E-state index in [9.17, 15) is 14.3 Å². The molecule has 1 aromatic rings. The number of hydrogen-bond donors (Lipinski definition) is 2. The first-order valence-electron chi connectivity index (χ1n) is 6.07. The Morgan fingerprint density at radius 2 is 2.11 bits per heavy atom. The molecule has 1 aliphatic rings. The van der Waals surface area contributed by atoms with Crippen LogP contribution in [0, 0.1) is 0 Å². The first kappa shape index (κ1) is 12.8. The lowest BCUT2D eigenvalue weighted by Gasteiger charge is -2.16. The SMILES string of the molecule is CCc1ccc(NC(=O)N2C[C@@H](O)[C@H](F)C2)cc1. The number of nitrogens with zero attached hydrogens (tertiary/aromatic N) is 1. The van der Waals surface area contributed by atoms with Crippen molar-refractivity contribution in [1.29, 1.82) is 0 Å². The van der Waals surface area contributed by atoms with Crippen LogP contribution < -0.4 is 5.32 Å². The largest absolute Gasteiger partial charge is 0.388 e. The summed E-state index contributed by atoms with van der Waals surface area (Å²) in [5.74, 6) is 0. The van der Waals surface area contributed by atoms with Gasteiger partial charge in [-0.25, -0.2) is 9.18 Å². The summed E-state index contributed by atoms with van der Waals surface area (Å²) in [6.45, 7) is 2.04. The van der Waals surface area contributed by atoms with Crippen molar-refractivity contribution >= 4 is 11.7 Å². The number of hydrogen-bond acceptors (Lipinski definition) is 2. The zero-order valence-corrected chi connectivity index (χ0v) is 10.3. The van der Waals surface area contributed by atoms with Crippen LogP contribution in [0.3, 0.4) is 0 Å². The number of amides is 2. The van der Waals surface area contributed by atoms with Gasteiger partial charge in [-0.3, -0.25) is 0 Å². The van der Waals surface area contributed by atoms with E-state index in [0.29, 0.717) is 5.69 Å². The molecular weight excluding hydrogens is 235 g/mol. The van der Waals surface area contributed by atoms with Crippen molar-refractivity contribution in [3.05, 3.63) is 29.8 Å². The standard InChI is InChI=1S/C13H17FN2O2/c1-2-9-3-5-10(6-4-9)15-13(18)16-7-11(14)12(17)8-16/h3-6,11-12,17H,2,7-8H2,1H3,(H,15,18)/t11-,12-/m1/s1. The van der Waals surface area contributed by atoms with Crippen molar-refractivity contribution < 1.29 is 14.3 Å². The lowest BCUT2D eigenvalue weighted by Crippen LogP contribution is -2.33. The van der Waals surface area contributed by atoms with Gasteiger partial charge < -0.3 is 15.3 Å². The number of nitrogens with one attached hydrogen (secondary N) is 1. The predicted octanol–water partition coefficient (Wildman–Crippen LogP) is 1.80. The van der Waals surface area contributed by atoms with Crippen LogP contribution in [0.5, 0.6) is 0 Å². The van der Waals surface area contributed by atoms with Crippen molar-refractivity contribution in [1.82, 2.24) is 4.90 Å². The third-order valence-electron chi connectivity index (χ3n) is 3.12. The predicted molar refractivity (Wildman–Crippen MR) is 67.3 cm³/mol. The maximum atomic E-state index is 13.1. The minimum atomic E-state index is -1.35. The molecule has 5 heteroatoms. The Morgan fingerprint density at radius 3 is 2.61 bits per heavy atom. The number of alkyl halides is 1. The Bertz CT molecular complexity index is 412. The van der Waals surface area contributed by atoms with Gasteiger partial charge in [0.15, 0.2) is 0 Å². The van der Waals surface area contributed by atoms with Gasteiger partial charge >= 0.3 is 6.03 Å². The third kappa shape index (κ3) is 2.79. The fourth-order valence-electron chi connectivity index (χ4n) is 1.94. The molecule has 98 valence electrons. The quantitative estimate of drug-likeness (QED) is 0.843. The number of aliphatic hydroxyl groups is 1. The fourth-order valence-corrected chi connectivity index (χ4v) is 1.94. The highest BCUT2D eigenvalue weighted by Crippen LogP contribution is 2.16. The monoisotopic (exact) mass is 252 g/mol. The van der Waals surface area contributed by atoms with E-state index < -0.39 is 12.3 Å². The molecule has 0 saturated carbocycles. The average Bonchev–Trinajstić information content (AvgIpc) is 2.71. The molecule has 0 aromatic heterocycles. The molecule has 2 rings (SSSR count). The average molecular weight is 252 g/mol. The van der Waals surface area contributed by atoms with E-state index in [-0.39, 0.29) is 19.1 Å². The van der Waals surface area contributed by atoms with Gasteiger partial charge in [0.05, 0.1) is 13.1 Å². The van der Waals surface area contributed by atoms with E-state index in [4.69, 9.17) is 0 Å². The first-order valence-corrected chi connectivity index (χ1v) is 6.07. The molecule has 4 nitrogen and oxygen atoms in total. The number of aliphatic hydroxyl groups excluding tert-OH is 1. The summed E-state index contributed by atoms with van der Waals surface area (Å²) in [5, 5.41) is 11.9. The van der Waals surface area contributed by atoms with E-state index in [1.807, 2.05) is 24.3 Å². The van der Waals surface area contributed by atoms with Gasteiger partial charge in [0.25, 0.3) is 0 Å². The van der Waals surface area contributed by atoms with Crippen LogP contribution in [0.25, 0.3) is 0 Å².